The summed E-state index contributed by atoms with van der Waals surface area (Å²) in [5.41, 5.74) is 0. The Morgan fingerprint density at radius 1 is 0.552 bits per heavy atom. The first-order chi connectivity index (χ1) is 32.7. The predicted octanol–water partition coefficient (Wildman–Crippen LogP) is 11.7. The lowest BCUT2D eigenvalue weighted by Gasteiger charge is -2.40. The Morgan fingerprint density at radius 3 is 1.60 bits per heavy atom. The van der Waals surface area contributed by atoms with Crippen molar-refractivity contribution in [1.82, 2.24) is 5.32 Å². The minimum atomic E-state index is -1.58. The fourth-order valence-electron chi connectivity index (χ4n) is 8.26. The van der Waals surface area contributed by atoms with Gasteiger partial charge in [-0.15, -0.1) is 0 Å². The molecule has 0 aliphatic carbocycles. The van der Waals surface area contributed by atoms with E-state index >= 15 is 0 Å². The van der Waals surface area contributed by atoms with Gasteiger partial charge in [0, 0.05) is 12.8 Å². The van der Waals surface area contributed by atoms with Gasteiger partial charge in [-0.05, 0) is 77.0 Å². The van der Waals surface area contributed by atoms with Crippen molar-refractivity contribution in [2.45, 2.75) is 275 Å². The second kappa shape index (κ2) is 46.0. The average molecular weight is 948 g/mol. The summed E-state index contributed by atoms with van der Waals surface area (Å²) in [6, 6.07) is -0.834. The highest BCUT2D eigenvalue weighted by molar-refractivity contribution is 5.76. The summed E-state index contributed by atoms with van der Waals surface area (Å²) in [7, 11) is 0. The van der Waals surface area contributed by atoms with Gasteiger partial charge in [0.25, 0.3) is 0 Å². The van der Waals surface area contributed by atoms with Crippen LogP contribution in [-0.2, 0) is 23.8 Å². The summed E-state index contributed by atoms with van der Waals surface area (Å²) in [5, 5.41) is 54.1. The molecule has 390 valence electrons. The molecule has 7 atom stereocenters. The second-order valence-corrected chi connectivity index (χ2v) is 19.0. The Morgan fingerprint density at radius 2 is 1.01 bits per heavy atom. The van der Waals surface area contributed by atoms with Crippen LogP contribution in [0.3, 0.4) is 0 Å². The zero-order valence-corrected chi connectivity index (χ0v) is 42.6. The van der Waals surface area contributed by atoms with Crippen LogP contribution in [0, 0.1) is 0 Å². The van der Waals surface area contributed by atoms with Gasteiger partial charge in [-0.1, -0.05) is 191 Å². The van der Waals surface area contributed by atoms with Gasteiger partial charge in [0.2, 0.25) is 5.91 Å². The molecule has 1 fully saturated rings. The number of ether oxygens (including phenoxy) is 3. The predicted molar refractivity (Wildman–Crippen MR) is 274 cm³/mol. The molecule has 0 aromatic rings. The van der Waals surface area contributed by atoms with Crippen molar-refractivity contribution in [1.29, 1.82) is 0 Å². The number of carbonyl (C=O) groups excluding carboxylic acids is 2. The number of nitrogens with one attached hydrogen (secondary N) is 1. The van der Waals surface area contributed by atoms with Crippen LogP contribution >= 0.6 is 0 Å². The number of rotatable bonds is 46. The molecule has 0 radical (unpaired) electrons. The molecule has 11 heteroatoms. The molecular formula is C56H101NO10. The van der Waals surface area contributed by atoms with Gasteiger partial charge in [0.15, 0.2) is 6.29 Å². The van der Waals surface area contributed by atoms with Crippen molar-refractivity contribution in [3.8, 4) is 0 Å². The lowest BCUT2D eigenvalue weighted by atomic mass is 9.99. The Labute approximate surface area is 408 Å². The average Bonchev–Trinajstić information content (AvgIpc) is 3.32. The second-order valence-electron chi connectivity index (χ2n) is 19.0. The number of aliphatic hydroxyl groups is 5. The van der Waals surface area contributed by atoms with Crippen LogP contribution in [0.5, 0.6) is 0 Å². The number of hydrogen-bond donors (Lipinski definition) is 6. The van der Waals surface area contributed by atoms with Crippen LogP contribution in [0.4, 0.5) is 0 Å². The lowest BCUT2D eigenvalue weighted by Crippen LogP contribution is -2.60. The molecule has 1 rings (SSSR count). The Hall–Kier alpha value is -2.38. The van der Waals surface area contributed by atoms with E-state index < -0.39 is 49.5 Å². The fourth-order valence-corrected chi connectivity index (χ4v) is 8.26. The molecule has 0 bridgehead atoms. The van der Waals surface area contributed by atoms with E-state index in [1.807, 2.05) is 6.08 Å². The van der Waals surface area contributed by atoms with Crippen molar-refractivity contribution in [2.24, 2.45) is 0 Å². The minimum absolute atomic E-state index is 0.0301. The van der Waals surface area contributed by atoms with Gasteiger partial charge in [-0.3, -0.25) is 9.59 Å². The van der Waals surface area contributed by atoms with E-state index in [9.17, 15) is 35.1 Å². The van der Waals surface area contributed by atoms with Crippen LogP contribution in [-0.4, -0.2) is 100 Å². The molecule has 1 saturated heterocycles. The van der Waals surface area contributed by atoms with E-state index in [4.69, 9.17) is 14.2 Å². The van der Waals surface area contributed by atoms with Crippen molar-refractivity contribution in [2.75, 3.05) is 19.8 Å². The topological polar surface area (TPSA) is 175 Å². The number of esters is 1. The first kappa shape index (κ1) is 62.6. The van der Waals surface area contributed by atoms with Gasteiger partial charge < -0.3 is 45.1 Å². The van der Waals surface area contributed by atoms with Crippen molar-refractivity contribution in [3.63, 3.8) is 0 Å². The molecule has 67 heavy (non-hydrogen) atoms. The number of hydrogen-bond acceptors (Lipinski definition) is 10. The zero-order valence-electron chi connectivity index (χ0n) is 42.6. The van der Waals surface area contributed by atoms with Gasteiger partial charge in [-0.25, -0.2) is 0 Å². The fraction of sp³-hybridized carbons (Fsp3) is 0.821. The number of carbonyl (C=O) groups is 2. The Bertz CT molecular complexity index is 1250. The molecule has 1 amide bonds. The summed E-state index contributed by atoms with van der Waals surface area (Å²) < 4.78 is 16.6. The van der Waals surface area contributed by atoms with Crippen LogP contribution < -0.4 is 5.32 Å². The molecule has 0 aromatic carbocycles. The first-order valence-corrected chi connectivity index (χ1v) is 27.4. The highest BCUT2D eigenvalue weighted by Gasteiger charge is 2.44. The smallest absolute Gasteiger partial charge is 0.305 e. The Kier molecular flexibility index (Phi) is 43.0. The quantitative estimate of drug-likeness (QED) is 0.0149. The van der Waals surface area contributed by atoms with Crippen molar-refractivity contribution < 1.29 is 49.3 Å². The van der Waals surface area contributed by atoms with Crippen LogP contribution in [0.2, 0.25) is 0 Å². The van der Waals surface area contributed by atoms with E-state index in [-0.39, 0.29) is 18.5 Å². The monoisotopic (exact) mass is 948 g/mol. The van der Waals surface area contributed by atoms with Gasteiger partial charge in [-0.2, -0.15) is 0 Å². The molecule has 7 unspecified atom stereocenters. The van der Waals surface area contributed by atoms with E-state index in [1.165, 1.54) is 116 Å². The molecular weight excluding hydrogens is 847 g/mol. The van der Waals surface area contributed by atoms with E-state index in [2.05, 4.69) is 55.6 Å². The van der Waals surface area contributed by atoms with E-state index in [0.717, 1.165) is 89.9 Å². The zero-order chi connectivity index (χ0) is 48.8. The summed E-state index contributed by atoms with van der Waals surface area (Å²) in [5.74, 6) is -0.236. The molecule has 0 aromatic heterocycles. The molecule has 0 spiro atoms. The van der Waals surface area contributed by atoms with Crippen molar-refractivity contribution >= 4 is 11.9 Å². The summed E-state index contributed by atoms with van der Waals surface area (Å²) in [6.07, 6.45) is 46.4. The minimum Gasteiger partial charge on any atom is -0.466 e. The third-order valence-electron chi connectivity index (χ3n) is 12.7. The number of unbranched alkanes of at least 4 members (excludes halogenated alkanes) is 27. The van der Waals surface area contributed by atoms with Gasteiger partial charge in [0.1, 0.15) is 24.4 Å². The standard InChI is InChI=1S/C56H101NO10/c1-3-5-7-9-11-13-23-28-32-36-40-44-52(61)65-45-41-37-33-29-25-22-20-18-16-14-15-17-19-21-24-27-31-35-39-43-51(60)57-48(49(59)42-38-34-30-26-12-10-8-6-4-2)47-66-56-55(64)54(63)53(62)50(46-58)67-56/h12,18,20,22,25-26,38,42,48-50,53-56,58-59,62-64H,3-11,13-17,19,21,23-24,27-37,39-41,43-47H2,1-2H3,(H,57,60)/b20-18-,25-22-,26-12+,42-38+. The molecule has 11 nitrogen and oxygen atoms in total. The SMILES string of the molecule is CCCCC/C=C/CC/C=C/C(O)C(COC1OC(CO)C(O)C(O)C1O)NC(=O)CCCCCCCCCCCC/C=C\C=C/CCCCCOC(=O)CCCCCCCCCCCCC. The number of allylic oxidation sites excluding steroid dienone is 7. The third-order valence-corrected chi connectivity index (χ3v) is 12.7. The molecule has 1 aliphatic heterocycles. The largest absolute Gasteiger partial charge is 0.466 e. The van der Waals surface area contributed by atoms with E-state index in [0.29, 0.717) is 19.4 Å². The molecule has 1 aliphatic rings. The van der Waals surface area contributed by atoms with Crippen LogP contribution in [0.25, 0.3) is 0 Å². The van der Waals surface area contributed by atoms with E-state index in [1.54, 1.807) is 6.08 Å². The summed E-state index contributed by atoms with van der Waals surface area (Å²) in [4.78, 5) is 24.9. The van der Waals surface area contributed by atoms with Gasteiger partial charge >= 0.3 is 5.97 Å². The first-order valence-electron chi connectivity index (χ1n) is 27.4. The highest BCUT2D eigenvalue weighted by Crippen LogP contribution is 2.23. The summed E-state index contributed by atoms with van der Waals surface area (Å²) >= 11 is 0. The number of aliphatic hydroxyl groups excluding tert-OH is 5. The lowest BCUT2D eigenvalue weighted by molar-refractivity contribution is -0.302. The maximum atomic E-state index is 13.0. The highest BCUT2D eigenvalue weighted by atomic mass is 16.7. The molecule has 0 saturated carbocycles. The maximum Gasteiger partial charge on any atom is 0.305 e. The third kappa shape index (κ3) is 36.3. The Balaban J connectivity index is 2.11. The normalized spacial score (nSPS) is 19.9. The summed E-state index contributed by atoms with van der Waals surface area (Å²) in [6.45, 7) is 4.21. The maximum absolute atomic E-state index is 13.0. The molecule has 6 N–H and O–H groups in total. The molecule has 1 heterocycles. The van der Waals surface area contributed by atoms with Crippen LogP contribution in [0.15, 0.2) is 48.6 Å². The van der Waals surface area contributed by atoms with Gasteiger partial charge in [0.05, 0.1) is 32.0 Å². The van der Waals surface area contributed by atoms with Crippen molar-refractivity contribution in [3.05, 3.63) is 48.6 Å². The number of amides is 1. The van der Waals surface area contributed by atoms with Crippen LogP contribution in [0.1, 0.15) is 232 Å².